The van der Waals surface area contributed by atoms with Crippen molar-refractivity contribution in [1.29, 1.82) is 0 Å². The van der Waals surface area contributed by atoms with Gasteiger partial charge >= 0.3 is 0 Å². The largest absolute Gasteiger partial charge is 0.507 e. The van der Waals surface area contributed by atoms with Crippen molar-refractivity contribution in [2.24, 2.45) is 0 Å². The summed E-state index contributed by atoms with van der Waals surface area (Å²) < 4.78 is 0. The second-order valence-corrected chi connectivity index (χ2v) is 7.18. The highest BCUT2D eigenvalue weighted by molar-refractivity contribution is 6.08. The molecule has 0 atom stereocenters. The number of fused-ring (bicyclic) bond motifs is 1. The molecule has 0 unspecified atom stereocenters. The fraction of sp³-hybridized carbons (Fsp3) is 0. The van der Waals surface area contributed by atoms with E-state index >= 15 is 0 Å². The highest BCUT2D eigenvalue weighted by Crippen LogP contribution is 2.43. The predicted octanol–water partition coefficient (Wildman–Crippen LogP) is 7.55. The Hall–Kier alpha value is -3.84. The van der Waals surface area contributed by atoms with Crippen LogP contribution in [-0.4, -0.2) is 5.11 Å². The van der Waals surface area contributed by atoms with Crippen molar-refractivity contribution < 1.29 is 5.11 Å². The average Bonchev–Trinajstić information content (AvgIpc) is 2.80. The van der Waals surface area contributed by atoms with Crippen molar-refractivity contribution in [2.45, 2.75) is 0 Å². The third kappa shape index (κ3) is 3.17. The quantitative estimate of drug-likeness (QED) is 0.347. The fourth-order valence-electron chi connectivity index (χ4n) is 3.98. The van der Waals surface area contributed by atoms with E-state index < -0.39 is 0 Å². The zero-order chi connectivity index (χ0) is 19.6. The first-order valence-electron chi connectivity index (χ1n) is 9.77. The van der Waals surface area contributed by atoms with Gasteiger partial charge in [-0.1, -0.05) is 103 Å². The predicted molar refractivity (Wildman–Crippen MR) is 122 cm³/mol. The normalized spacial score (nSPS) is 10.9. The van der Waals surface area contributed by atoms with E-state index in [1.807, 2.05) is 42.5 Å². The minimum atomic E-state index is 0.304. The number of phenols is 1. The minimum Gasteiger partial charge on any atom is -0.507 e. The molecule has 138 valence electrons. The average molecular weight is 372 g/mol. The summed E-state index contributed by atoms with van der Waals surface area (Å²) in [6.07, 6.45) is 0. The lowest BCUT2D eigenvalue weighted by molar-refractivity contribution is 0.482. The Morgan fingerprint density at radius 2 is 0.966 bits per heavy atom. The second kappa shape index (κ2) is 7.29. The maximum atomic E-state index is 10.8. The highest BCUT2D eigenvalue weighted by atomic mass is 16.3. The Labute approximate surface area is 170 Å². The SMILES string of the molecule is Oc1cc(-c2ccccc2)c(-c2ccccc2)c2cc(-c3ccccc3)ccc12. The molecule has 5 aromatic rings. The standard InChI is InChI=1S/C28H20O/c29-27-19-25(21-12-6-2-7-13-21)28(22-14-8-3-9-15-22)26-18-23(16-17-24(26)27)20-10-4-1-5-11-20/h1-19,29H. The molecule has 0 aromatic heterocycles. The van der Waals surface area contributed by atoms with Crippen LogP contribution in [0.15, 0.2) is 115 Å². The molecule has 0 aliphatic rings. The molecule has 0 amide bonds. The van der Waals surface area contributed by atoms with Gasteiger partial charge in [0.2, 0.25) is 0 Å². The summed E-state index contributed by atoms with van der Waals surface area (Å²) in [5, 5.41) is 12.8. The van der Waals surface area contributed by atoms with Crippen molar-refractivity contribution in [3.05, 3.63) is 115 Å². The molecule has 0 bridgehead atoms. The third-order valence-electron chi connectivity index (χ3n) is 5.37. The van der Waals surface area contributed by atoms with Crippen molar-refractivity contribution in [1.82, 2.24) is 0 Å². The zero-order valence-electron chi connectivity index (χ0n) is 15.9. The van der Waals surface area contributed by atoms with Crippen LogP contribution in [0, 0.1) is 0 Å². The Morgan fingerprint density at radius 3 is 1.59 bits per heavy atom. The number of hydrogen-bond donors (Lipinski definition) is 1. The molecule has 1 nitrogen and oxygen atoms in total. The Bertz CT molecular complexity index is 1270. The molecule has 0 saturated heterocycles. The molecule has 1 heteroatoms. The highest BCUT2D eigenvalue weighted by Gasteiger charge is 2.16. The van der Waals surface area contributed by atoms with Crippen molar-refractivity contribution in [3.63, 3.8) is 0 Å². The summed E-state index contributed by atoms with van der Waals surface area (Å²) in [6, 6.07) is 39.2. The van der Waals surface area contributed by atoms with E-state index in [0.29, 0.717) is 5.75 Å². The van der Waals surface area contributed by atoms with Crippen LogP contribution < -0.4 is 0 Å². The van der Waals surface area contributed by atoms with Crippen LogP contribution in [0.5, 0.6) is 5.75 Å². The molecule has 0 aliphatic heterocycles. The topological polar surface area (TPSA) is 20.2 Å². The van der Waals surface area contributed by atoms with Crippen LogP contribution in [0.3, 0.4) is 0 Å². The van der Waals surface area contributed by atoms with Crippen molar-refractivity contribution >= 4 is 10.8 Å². The van der Waals surface area contributed by atoms with Crippen LogP contribution in [0.1, 0.15) is 0 Å². The van der Waals surface area contributed by atoms with E-state index in [2.05, 4.69) is 72.8 Å². The molecule has 0 fully saturated rings. The molecule has 0 spiro atoms. The van der Waals surface area contributed by atoms with E-state index in [1.54, 1.807) is 0 Å². The van der Waals surface area contributed by atoms with Gasteiger partial charge in [0.1, 0.15) is 5.75 Å². The smallest absolute Gasteiger partial charge is 0.124 e. The van der Waals surface area contributed by atoms with Crippen LogP contribution in [0.4, 0.5) is 0 Å². The number of aromatic hydroxyl groups is 1. The van der Waals surface area contributed by atoms with E-state index in [0.717, 1.165) is 44.2 Å². The molecule has 0 aliphatic carbocycles. The number of hydrogen-bond acceptors (Lipinski definition) is 1. The molecule has 0 saturated carbocycles. The van der Waals surface area contributed by atoms with Gasteiger partial charge in [-0.25, -0.2) is 0 Å². The molecular weight excluding hydrogens is 352 g/mol. The van der Waals surface area contributed by atoms with E-state index in [4.69, 9.17) is 0 Å². The van der Waals surface area contributed by atoms with Gasteiger partial charge < -0.3 is 5.11 Å². The summed E-state index contributed by atoms with van der Waals surface area (Å²) >= 11 is 0. The lowest BCUT2D eigenvalue weighted by atomic mass is 9.88. The van der Waals surface area contributed by atoms with Crippen LogP contribution >= 0.6 is 0 Å². The maximum Gasteiger partial charge on any atom is 0.124 e. The first kappa shape index (κ1) is 17.3. The van der Waals surface area contributed by atoms with Gasteiger partial charge in [-0.2, -0.15) is 0 Å². The number of rotatable bonds is 3. The van der Waals surface area contributed by atoms with E-state index in [9.17, 15) is 5.11 Å². The maximum absolute atomic E-state index is 10.8. The van der Waals surface area contributed by atoms with E-state index in [1.165, 1.54) is 0 Å². The summed E-state index contributed by atoms with van der Waals surface area (Å²) in [6.45, 7) is 0. The summed E-state index contributed by atoms with van der Waals surface area (Å²) in [5.74, 6) is 0.304. The van der Waals surface area contributed by atoms with Gasteiger partial charge in [-0.3, -0.25) is 0 Å². The van der Waals surface area contributed by atoms with Gasteiger partial charge in [-0.05, 0) is 50.9 Å². The van der Waals surface area contributed by atoms with Gasteiger partial charge in [0.25, 0.3) is 0 Å². The van der Waals surface area contributed by atoms with Gasteiger partial charge in [0.15, 0.2) is 0 Å². The monoisotopic (exact) mass is 372 g/mol. The minimum absolute atomic E-state index is 0.304. The summed E-state index contributed by atoms with van der Waals surface area (Å²) in [4.78, 5) is 0. The third-order valence-corrected chi connectivity index (χ3v) is 5.37. The zero-order valence-corrected chi connectivity index (χ0v) is 15.9. The molecular formula is C28H20O. The molecule has 5 rings (SSSR count). The molecule has 0 radical (unpaired) electrons. The lowest BCUT2D eigenvalue weighted by Crippen LogP contribution is -1.90. The van der Waals surface area contributed by atoms with Crippen LogP contribution in [-0.2, 0) is 0 Å². The molecule has 1 N–H and O–H groups in total. The Morgan fingerprint density at radius 1 is 0.414 bits per heavy atom. The second-order valence-electron chi connectivity index (χ2n) is 7.18. The van der Waals surface area contributed by atoms with Crippen LogP contribution in [0.2, 0.25) is 0 Å². The van der Waals surface area contributed by atoms with Crippen molar-refractivity contribution in [3.8, 4) is 39.1 Å². The Balaban J connectivity index is 1.88. The van der Waals surface area contributed by atoms with Gasteiger partial charge in [-0.15, -0.1) is 0 Å². The summed E-state index contributed by atoms with van der Waals surface area (Å²) in [7, 11) is 0. The first-order chi connectivity index (χ1) is 14.3. The van der Waals surface area contributed by atoms with E-state index in [-0.39, 0.29) is 0 Å². The van der Waals surface area contributed by atoms with Gasteiger partial charge in [0.05, 0.1) is 0 Å². The molecule has 0 heterocycles. The Kier molecular flexibility index (Phi) is 4.34. The fourth-order valence-corrected chi connectivity index (χ4v) is 3.98. The van der Waals surface area contributed by atoms with Crippen molar-refractivity contribution in [2.75, 3.05) is 0 Å². The first-order valence-corrected chi connectivity index (χ1v) is 9.77. The lowest BCUT2D eigenvalue weighted by Gasteiger charge is -2.16. The number of phenolic OH excluding ortho intramolecular Hbond substituents is 1. The van der Waals surface area contributed by atoms with Crippen LogP contribution in [0.25, 0.3) is 44.2 Å². The van der Waals surface area contributed by atoms with Gasteiger partial charge in [0, 0.05) is 5.39 Å². The molecule has 29 heavy (non-hydrogen) atoms. The summed E-state index contributed by atoms with van der Waals surface area (Å²) in [5.41, 5.74) is 6.71. The number of benzene rings is 5. The molecule has 5 aromatic carbocycles.